The number of rotatable bonds is 5. The minimum Gasteiger partial charge on any atom is -0.409 e. The largest absolute Gasteiger partial charge is 0.409 e. The predicted molar refractivity (Wildman–Crippen MR) is 81.8 cm³/mol. The first-order valence-electron chi connectivity index (χ1n) is 6.68. The first-order valence-corrected chi connectivity index (χ1v) is 7.47. The van der Waals surface area contributed by atoms with E-state index in [9.17, 15) is 4.39 Å². The van der Waals surface area contributed by atoms with Gasteiger partial charge in [-0.25, -0.2) is 4.39 Å². The van der Waals surface area contributed by atoms with Gasteiger partial charge >= 0.3 is 0 Å². The second-order valence-electron chi connectivity index (χ2n) is 5.43. The fourth-order valence-electron chi connectivity index (χ4n) is 2.18. The molecular formula is C14H19BrFN3O. The molecule has 2 rings (SSSR count). The van der Waals surface area contributed by atoms with E-state index in [4.69, 9.17) is 10.9 Å². The van der Waals surface area contributed by atoms with E-state index in [1.54, 1.807) is 12.1 Å². The van der Waals surface area contributed by atoms with Crippen LogP contribution in [-0.4, -0.2) is 23.6 Å². The molecule has 0 bridgehead atoms. The summed E-state index contributed by atoms with van der Waals surface area (Å²) in [6.45, 7) is 4.96. The van der Waals surface area contributed by atoms with Crippen LogP contribution >= 0.6 is 15.9 Å². The van der Waals surface area contributed by atoms with Crippen molar-refractivity contribution in [3.63, 3.8) is 0 Å². The van der Waals surface area contributed by atoms with Gasteiger partial charge in [-0.3, -0.25) is 0 Å². The third-order valence-corrected chi connectivity index (χ3v) is 4.31. The monoisotopic (exact) mass is 343 g/mol. The van der Waals surface area contributed by atoms with Crippen molar-refractivity contribution >= 4 is 27.5 Å². The molecule has 0 aliphatic heterocycles. The van der Waals surface area contributed by atoms with Gasteiger partial charge in [-0.15, -0.1) is 0 Å². The highest BCUT2D eigenvalue weighted by atomic mass is 79.9. The third kappa shape index (κ3) is 3.06. The molecule has 20 heavy (non-hydrogen) atoms. The highest BCUT2D eigenvalue weighted by Gasteiger charge is 2.28. The van der Waals surface area contributed by atoms with Gasteiger partial charge in [0.1, 0.15) is 0 Å². The van der Waals surface area contributed by atoms with Gasteiger partial charge < -0.3 is 15.8 Å². The number of nitrogens with zero attached hydrogens (tertiary/aromatic N) is 2. The van der Waals surface area contributed by atoms with Crippen LogP contribution < -0.4 is 10.6 Å². The van der Waals surface area contributed by atoms with Crippen molar-refractivity contribution in [2.45, 2.75) is 32.7 Å². The molecule has 1 aromatic carbocycles. The molecule has 110 valence electrons. The molecule has 0 unspecified atom stereocenters. The number of hydrogen-bond acceptors (Lipinski definition) is 3. The lowest BCUT2D eigenvalue weighted by atomic mass is 10.1. The zero-order valence-corrected chi connectivity index (χ0v) is 13.2. The van der Waals surface area contributed by atoms with Crippen molar-refractivity contribution in [2.75, 3.05) is 11.4 Å². The molecule has 1 aliphatic rings. The molecule has 1 aliphatic carbocycles. The van der Waals surface area contributed by atoms with Gasteiger partial charge in [-0.2, -0.15) is 0 Å². The van der Waals surface area contributed by atoms with Crippen molar-refractivity contribution in [1.29, 1.82) is 0 Å². The second-order valence-corrected chi connectivity index (χ2v) is 6.23. The van der Waals surface area contributed by atoms with E-state index in [0.717, 1.165) is 6.54 Å². The fourth-order valence-corrected chi connectivity index (χ4v) is 2.72. The lowest BCUT2D eigenvalue weighted by Crippen LogP contribution is -2.33. The number of anilines is 1. The molecule has 0 spiro atoms. The maximum atomic E-state index is 14.6. The minimum atomic E-state index is -0.372. The molecule has 4 nitrogen and oxygen atoms in total. The Hall–Kier alpha value is -1.30. The molecule has 0 amide bonds. The fraction of sp³-hybridized carbons (Fsp3) is 0.500. The first kappa shape index (κ1) is 15.1. The number of hydrogen-bond donors (Lipinski definition) is 2. The SMILES string of the molecule is CC(C)N(CC1CC1)c1ccc(/C(N)=N/O)c(Br)c1F. The summed E-state index contributed by atoms with van der Waals surface area (Å²) in [4.78, 5) is 2.06. The molecule has 1 fully saturated rings. The van der Waals surface area contributed by atoms with E-state index in [1.165, 1.54) is 12.8 Å². The lowest BCUT2D eigenvalue weighted by Gasteiger charge is -2.30. The predicted octanol–water partition coefficient (Wildman–Crippen LogP) is 3.31. The number of nitrogens with two attached hydrogens (primary N) is 1. The van der Waals surface area contributed by atoms with Crippen LogP contribution in [-0.2, 0) is 0 Å². The number of halogens is 2. The first-order chi connectivity index (χ1) is 9.45. The number of benzene rings is 1. The Bertz CT molecular complexity index is 529. The molecule has 0 atom stereocenters. The molecule has 1 saturated carbocycles. The van der Waals surface area contributed by atoms with Crippen molar-refractivity contribution in [2.24, 2.45) is 16.8 Å². The summed E-state index contributed by atoms with van der Waals surface area (Å²) in [5, 5.41) is 11.6. The van der Waals surface area contributed by atoms with E-state index >= 15 is 0 Å². The summed E-state index contributed by atoms with van der Waals surface area (Å²) in [5.41, 5.74) is 6.43. The van der Waals surface area contributed by atoms with E-state index in [0.29, 0.717) is 17.2 Å². The summed E-state index contributed by atoms with van der Waals surface area (Å²) in [6.07, 6.45) is 2.43. The zero-order valence-electron chi connectivity index (χ0n) is 11.6. The third-order valence-electron chi connectivity index (χ3n) is 3.53. The highest BCUT2D eigenvalue weighted by Crippen LogP contribution is 2.35. The summed E-state index contributed by atoms with van der Waals surface area (Å²) in [7, 11) is 0. The molecular weight excluding hydrogens is 325 g/mol. The molecule has 6 heteroatoms. The molecule has 0 saturated heterocycles. The normalized spacial score (nSPS) is 15.8. The molecule has 0 heterocycles. The quantitative estimate of drug-likeness (QED) is 0.373. The van der Waals surface area contributed by atoms with Crippen LogP contribution in [0.2, 0.25) is 0 Å². The maximum Gasteiger partial charge on any atom is 0.171 e. The average molecular weight is 344 g/mol. The Morgan fingerprint density at radius 3 is 2.70 bits per heavy atom. The number of oxime groups is 1. The topological polar surface area (TPSA) is 61.8 Å². The smallest absolute Gasteiger partial charge is 0.171 e. The van der Waals surface area contributed by atoms with Crippen LogP contribution in [0, 0.1) is 11.7 Å². The Morgan fingerprint density at radius 1 is 1.55 bits per heavy atom. The Morgan fingerprint density at radius 2 is 2.20 bits per heavy atom. The zero-order chi connectivity index (χ0) is 14.9. The van der Waals surface area contributed by atoms with Gasteiger partial charge in [-0.05, 0) is 60.7 Å². The molecule has 3 N–H and O–H groups in total. The minimum absolute atomic E-state index is 0.111. The summed E-state index contributed by atoms with van der Waals surface area (Å²) in [6, 6.07) is 3.57. The standard InChI is InChI=1S/C14H19BrFN3O/c1-8(2)19(7-9-3-4-9)11-6-5-10(14(17)18-20)12(15)13(11)16/h5-6,8-9,20H,3-4,7H2,1-2H3,(H2,17,18). The van der Waals surface area contributed by atoms with Gasteiger partial charge in [0.2, 0.25) is 0 Å². The molecule has 0 aromatic heterocycles. The summed E-state index contributed by atoms with van der Waals surface area (Å²) >= 11 is 3.20. The highest BCUT2D eigenvalue weighted by molar-refractivity contribution is 9.10. The van der Waals surface area contributed by atoms with E-state index < -0.39 is 0 Å². The van der Waals surface area contributed by atoms with Gasteiger partial charge in [0.05, 0.1) is 10.2 Å². The van der Waals surface area contributed by atoms with E-state index in [-0.39, 0.29) is 22.2 Å². The van der Waals surface area contributed by atoms with Crippen molar-refractivity contribution in [3.8, 4) is 0 Å². The molecule has 1 aromatic rings. The maximum absolute atomic E-state index is 14.6. The van der Waals surface area contributed by atoms with Crippen LogP contribution in [0.4, 0.5) is 10.1 Å². The van der Waals surface area contributed by atoms with Crippen LogP contribution in [0.3, 0.4) is 0 Å². The van der Waals surface area contributed by atoms with Crippen LogP contribution in [0.5, 0.6) is 0 Å². The Kier molecular flexibility index (Phi) is 4.52. The molecule has 0 radical (unpaired) electrons. The lowest BCUT2D eigenvalue weighted by molar-refractivity contribution is 0.318. The van der Waals surface area contributed by atoms with Crippen molar-refractivity contribution in [1.82, 2.24) is 0 Å². The number of amidine groups is 1. The second kappa shape index (κ2) is 5.99. The van der Waals surface area contributed by atoms with E-state index in [2.05, 4.69) is 26.0 Å². The van der Waals surface area contributed by atoms with Crippen LogP contribution in [0.15, 0.2) is 21.8 Å². The van der Waals surface area contributed by atoms with Gasteiger partial charge in [0.25, 0.3) is 0 Å². The van der Waals surface area contributed by atoms with Crippen LogP contribution in [0.1, 0.15) is 32.3 Å². The van der Waals surface area contributed by atoms with Crippen molar-refractivity contribution < 1.29 is 9.60 Å². The average Bonchev–Trinajstić information content (AvgIpc) is 3.22. The van der Waals surface area contributed by atoms with Gasteiger partial charge in [0.15, 0.2) is 11.7 Å². The van der Waals surface area contributed by atoms with Crippen LogP contribution in [0.25, 0.3) is 0 Å². The van der Waals surface area contributed by atoms with Gasteiger partial charge in [0, 0.05) is 18.2 Å². The van der Waals surface area contributed by atoms with Gasteiger partial charge in [-0.1, -0.05) is 5.16 Å². The Balaban J connectivity index is 2.38. The summed E-state index contributed by atoms with van der Waals surface area (Å²) in [5.74, 6) is 0.184. The van der Waals surface area contributed by atoms with Crippen molar-refractivity contribution in [3.05, 3.63) is 28.0 Å². The Labute approximate surface area is 126 Å². The summed E-state index contributed by atoms with van der Waals surface area (Å²) < 4.78 is 14.8. The van der Waals surface area contributed by atoms with E-state index in [1.807, 2.05) is 13.8 Å².